The second kappa shape index (κ2) is 6.23. The number of hydrogen-bond donors (Lipinski definition) is 1. The third kappa shape index (κ3) is 3.59. The Balaban J connectivity index is 1.80. The highest BCUT2D eigenvalue weighted by Gasteiger charge is 2.29. The van der Waals surface area contributed by atoms with Crippen LogP contribution in [0.4, 0.5) is 4.79 Å². The van der Waals surface area contributed by atoms with Crippen molar-refractivity contribution in [3.63, 3.8) is 0 Å². The first kappa shape index (κ1) is 14.1. The smallest absolute Gasteiger partial charge is 0.320 e. The molecule has 1 aliphatic carbocycles. The van der Waals surface area contributed by atoms with Crippen molar-refractivity contribution in [1.29, 1.82) is 0 Å². The van der Waals surface area contributed by atoms with Crippen molar-refractivity contribution in [3.8, 4) is 0 Å². The van der Waals surface area contributed by atoms with Gasteiger partial charge in [0.2, 0.25) is 0 Å². The molecule has 0 atom stereocenters. The minimum absolute atomic E-state index is 0.0699. The molecule has 0 unspecified atom stereocenters. The summed E-state index contributed by atoms with van der Waals surface area (Å²) in [5.74, 6) is -0.803. The molecule has 108 valence electrons. The van der Waals surface area contributed by atoms with E-state index in [2.05, 4.69) is 0 Å². The first-order valence-electron chi connectivity index (χ1n) is 7.04. The molecule has 1 heterocycles. The van der Waals surface area contributed by atoms with Gasteiger partial charge in [0.25, 0.3) is 0 Å². The quantitative estimate of drug-likeness (QED) is 0.818. The maximum atomic E-state index is 12.3. The topological polar surface area (TPSA) is 64.1 Å². The van der Waals surface area contributed by atoms with E-state index in [1.54, 1.807) is 0 Å². The van der Waals surface area contributed by atoms with E-state index in [9.17, 15) is 9.59 Å². The van der Waals surface area contributed by atoms with Crippen molar-refractivity contribution < 1.29 is 14.7 Å². The molecule has 2 amide bonds. The fourth-order valence-electron chi connectivity index (χ4n) is 2.96. The average Bonchev–Trinajstić information content (AvgIpc) is 2.91. The number of carboxylic acids is 1. The molecule has 0 radical (unpaired) electrons. The summed E-state index contributed by atoms with van der Waals surface area (Å²) in [6.45, 7) is 2.62. The molecule has 6 heteroatoms. The van der Waals surface area contributed by atoms with Crippen molar-refractivity contribution >= 4 is 12.0 Å². The number of carbonyl (C=O) groups is 2. The Hall–Kier alpha value is -1.30. The lowest BCUT2D eigenvalue weighted by molar-refractivity contribution is -0.138. The van der Waals surface area contributed by atoms with Gasteiger partial charge in [0.05, 0.1) is 6.54 Å². The lowest BCUT2D eigenvalue weighted by Gasteiger charge is -2.37. The van der Waals surface area contributed by atoms with E-state index in [1.807, 2.05) is 21.7 Å². The molecule has 0 aromatic carbocycles. The van der Waals surface area contributed by atoms with Gasteiger partial charge in [-0.05, 0) is 12.8 Å². The third-order valence-electron chi connectivity index (χ3n) is 4.18. The van der Waals surface area contributed by atoms with Crippen LogP contribution >= 0.6 is 0 Å². The normalized spacial score (nSPS) is 21.6. The zero-order valence-corrected chi connectivity index (χ0v) is 11.5. The summed E-state index contributed by atoms with van der Waals surface area (Å²) in [6, 6.07) is 0.492. The Morgan fingerprint density at radius 3 is 2.26 bits per heavy atom. The van der Waals surface area contributed by atoms with E-state index in [1.165, 1.54) is 12.8 Å². The van der Waals surface area contributed by atoms with E-state index in [0.29, 0.717) is 32.2 Å². The summed E-state index contributed by atoms with van der Waals surface area (Å²) in [5.41, 5.74) is 0. The van der Waals surface area contributed by atoms with Crippen LogP contribution in [-0.2, 0) is 4.79 Å². The van der Waals surface area contributed by atoms with Crippen molar-refractivity contribution in [2.75, 3.05) is 39.8 Å². The lowest BCUT2D eigenvalue weighted by Crippen LogP contribution is -2.54. The van der Waals surface area contributed by atoms with Crippen LogP contribution in [0.25, 0.3) is 0 Å². The monoisotopic (exact) mass is 269 g/mol. The van der Waals surface area contributed by atoms with Crippen molar-refractivity contribution in [2.24, 2.45) is 0 Å². The zero-order valence-electron chi connectivity index (χ0n) is 11.5. The van der Waals surface area contributed by atoms with Gasteiger partial charge in [0, 0.05) is 39.3 Å². The van der Waals surface area contributed by atoms with Gasteiger partial charge in [-0.25, -0.2) is 4.79 Å². The van der Waals surface area contributed by atoms with Crippen LogP contribution in [0.3, 0.4) is 0 Å². The van der Waals surface area contributed by atoms with Crippen LogP contribution in [0.15, 0.2) is 0 Å². The number of carbonyl (C=O) groups excluding carboxylic acids is 1. The first-order valence-corrected chi connectivity index (χ1v) is 7.04. The molecule has 2 rings (SSSR count). The summed E-state index contributed by atoms with van der Waals surface area (Å²) in [5, 5.41) is 8.74. The number of amides is 2. The molecular formula is C13H23N3O3. The standard InChI is InChI=1S/C13H23N3O3/c1-14(11-4-2-3-5-11)13(19)16-8-6-15(7-9-16)10-12(17)18/h11H,2-10H2,1H3,(H,17,18). The SMILES string of the molecule is CN(C(=O)N1CCN(CC(=O)O)CC1)C1CCCC1. The Kier molecular flexibility index (Phi) is 4.63. The highest BCUT2D eigenvalue weighted by atomic mass is 16.4. The average molecular weight is 269 g/mol. The Morgan fingerprint density at radius 1 is 1.16 bits per heavy atom. The van der Waals surface area contributed by atoms with Crippen LogP contribution in [0.2, 0.25) is 0 Å². The number of carboxylic acid groups (broad SMARTS) is 1. The minimum atomic E-state index is -0.803. The molecule has 1 N–H and O–H groups in total. The molecule has 2 fully saturated rings. The summed E-state index contributed by atoms with van der Waals surface area (Å²) < 4.78 is 0. The number of urea groups is 1. The molecule has 6 nitrogen and oxygen atoms in total. The molecule has 0 aromatic rings. The van der Waals surface area contributed by atoms with Gasteiger partial charge < -0.3 is 14.9 Å². The maximum absolute atomic E-state index is 12.3. The lowest BCUT2D eigenvalue weighted by atomic mass is 10.2. The predicted molar refractivity (Wildman–Crippen MR) is 71.1 cm³/mol. The number of nitrogens with zero attached hydrogens (tertiary/aromatic N) is 3. The van der Waals surface area contributed by atoms with Gasteiger partial charge in [-0.1, -0.05) is 12.8 Å². The Labute approximate surface area is 114 Å². The minimum Gasteiger partial charge on any atom is -0.480 e. The molecule has 0 spiro atoms. The summed E-state index contributed by atoms with van der Waals surface area (Å²) >= 11 is 0. The number of rotatable bonds is 3. The number of hydrogen-bond acceptors (Lipinski definition) is 3. The van der Waals surface area contributed by atoms with Crippen LogP contribution in [-0.4, -0.2) is 77.6 Å². The zero-order chi connectivity index (χ0) is 13.8. The van der Waals surface area contributed by atoms with Crippen LogP contribution in [0.5, 0.6) is 0 Å². The first-order chi connectivity index (χ1) is 9.08. The van der Waals surface area contributed by atoms with E-state index in [4.69, 9.17) is 5.11 Å². The van der Waals surface area contributed by atoms with Crippen LogP contribution in [0.1, 0.15) is 25.7 Å². The van der Waals surface area contributed by atoms with Crippen molar-refractivity contribution in [3.05, 3.63) is 0 Å². The third-order valence-corrected chi connectivity index (χ3v) is 4.18. The van der Waals surface area contributed by atoms with E-state index < -0.39 is 5.97 Å². The summed E-state index contributed by atoms with van der Waals surface area (Å²) in [7, 11) is 1.89. The maximum Gasteiger partial charge on any atom is 0.320 e. The molecular weight excluding hydrogens is 246 g/mol. The second-order valence-corrected chi connectivity index (χ2v) is 5.49. The summed E-state index contributed by atoms with van der Waals surface area (Å²) in [6.07, 6.45) is 4.66. The number of aliphatic carboxylic acids is 1. The highest BCUT2D eigenvalue weighted by Crippen LogP contribution is 2.23. The molecule has 1 aliphatic heterocycles. The van der Waals surface area contributed by atoms with Crippen molar-refractivity contribution in [2.45, 2.75) is 31.7 Å². The summed E-state index contributed by atoms with van der Waals surface area (Å²) in [4.78, 5) is 28.6. The van der Waals surface area contributed by atoms with E-state index >= 15 is 0 Å². The molecule has 1 saturated carbocycles. The Bertz CT molecular complexity index is 334. The molecule has 1 saturated heterocycles. The van der Waals surface area contributed by atoms with Gasteiger partial charge in [0.1, 0.15) is 0 Å². The molecule has 19 heavy (non-hydrogen) atoms. The largest absolute Gasteiger partial charge is 0.480 e. The fraction of sp³-hybridized carbons (Fsp3) is 0.846. The number of piperazine rings is 1. The van der Waals surface area contributed by atoms with Crippen LogP contribution < -0.4 is 0 Å². The van der Waals surface area contributed by atoms with Gasteiger partial charge in [-0.2, -0.15) is 0 Å². The van der Waals surface area contributed by atoms with Gasteiger partial charge in [0.15, 0.2) is 0 Å². The van der Waals surface area contributed by atoms with E-state index in [0.717, 1.165) is 12.8 Å². The van der Waals surface area contributed by atoms with Gasteiger partial charge >= 0.3 is 12.0 Å². The van der Waals surface area contributed by atoms with Crippen LogP contribution in [0, 0.1) is 0 Å². The van der Waals surface area contributed by atoms with E-state index in [-0.39, 0.29) is 12.6 Å². The van der Waals surface area contributed by atoms with Gasteiger partial charge in [-0.15, -0.1) is 0 Å². The Morgan fingerprint density at radius 2 is 1.74 bits per heavy atom. The predicted octanol–water partition coefficient (Wildman–Crippen LogP) is 0.683. The van der Waals surface area contributed by atoms with Crippen molar-refractivity contribution in [1.82, 2.24) is 14.7 Å². The molecule has 0 aromatic heterocycles. The van der Waals surface area contributed by atoms with Gasteiger partial charge in [-0.3, -0.25) is 9.69 Å². The molecule has 2 aliphatic rings. The highest BCUT2D eigenvalue weighted by molar-refractivity contribution is 5.74. The fourth-order valence-corrected chi connectivity index (χ4v) is 2.96. The second-order valence-electron chi connectivity index (χ2n) is 5.49. The molecule has 0 bridgehead atoms.